The van der Waals surface area contributed by atoms with Crippen molar-refractivity contribution < 1.29 is 4.79 Å². The molecule has 0 atom stereocenters. The van der Waals surface area contributed by atoms with E-state index in [0.29, 0.717) is 11.6 Å². The topological polar surface area (TPSA) is 49.6 Å². The highest BCUT2D eigenvalue weighted by Crippen LogP contribution is 2.21. The van der Waals surface area contributed by atoms with E-state index in [2.05, 4.69) is 23.6 Å². The molecule has 1 aliphatic heterocycles. The van der Waals surface area contributed by atoms with Crippen LogP contribution in [-0.2, 0) is 0 Å². The van der Waals surface area contributed by atoms with Crippen molar-refractivity contribution in [1.29, 1.82) is 0 Å². The third kappa shape index (κ3) is 2.64. The Labute approximate surface area is 108 Å². The van der Waals surface area contributed by atoms with E-state index in [0.717, 1.165) is 31.9 Å². The molecule has 1 aromatic rings. The van der Waals surface area contributed by atoms with Crippen LogP contribution in [0.3, 0.4) is 0 Å². The number of primary amides is 1. The SMILES string of the molecule is CC(C)N1CCN(c2ccccc2C(N)=O)CC1. The van der Waals surface area contributed by atoms with E-state index in [-0.39, 0.29) is 5.91 Å². The van der Waals surface area contributed by atoms with E-state index in [9.17, 15) is 4.79 Å². The highest BCUT2D eigenvalue weighted by molar-refractivity contribution is 5.98. The molecule has 0 aliphatic carbocycles. The van der Waals surface area contributed by atoms with Crippen molar-refractivity contribution in [3.63, 3.8) is 0 Å². The van der Waals surface area contributed by atoms with Gasteiger partial charge in [-0.2, -0.15) is 0 Å². The first-order valence-corrected chi connectivity index (χ1v) is 6.47. The summed E-state index contributed by atoms with van der Waals surface area (Å²) in [6.07, 6.45) is 0. The summed E-state index contributed by atoms with van der Waals surface area (Å²) in [5.41, 5.74) is 7.01. The van der Waals surface area contributed by atoms with E-state index in [1.54, 1.807) is 6.07 Å². The first kappa shape index (κ1) is 12.9. The Morgan fingerprint density at radius 2 is 1.78 bits per heavy atom. The predicted molar refractivity (Wildman–Crippen MR) is 73.9 cm³/mol. The second-order valence-corrected chi connectivity index (χ2v) is 5.00. The van der Waals surface area contributed by atoms with Gasteiger partial charge in [-0.05, 0) is 26.0 Å². The van der Waals surface area contributed by atoms with E-state index in [4.69, 9.17) is 5.73 Å². The lowest BCUT2D eigenvalue weighted by molar-refractivity contribution is 0.100. The van der Waals surface area contributed by atoms with Gasteiger partial charge in [-0.1, -0.05) is 12.1 Å². The first-order chi connectivity index (χ1) is 8.59. The van der Waals surface area contributed by atoms with Gasteiger partial charge < -0.3 is 10.6 Å². The largest absolute Gasteiger partial charge is 0.368 e. The lowest BCUT2D eigenvalue weighted by Crippen LogP contribution is -2.49. The molecule has 98 valence electrons. The number of rotatable bonds is 3. The molecule has 0 unspecified atom stereocenters. The van der Waals surface area contributed by atoms with Crippen LogP contribution in [0, 0.1) is 0 Å². The number of carbonyl (C=O) groups excluding carboxylic acids is 1. The number of carbonyl (C=O) groups is 1. The van der Waals surface area contributed by atoms with Gasteiger partial charge in [0.05, 0.1) is 5.56 Å². The van der Waals surface area contributed by atoms with Gasteiger partial charge >= 0.3 is 0 Å². The van der Waals surface area contributed by atoms with Crippen molar-refractivity contribution in [2.24, 2.45) is 5.73 Å². The molecule has 1 aliphatic rings. The van der Waals surface area contributed by atoms with Crippen molar-refractivity contribution in [1.82, 2.24) is 4.90 Å². The highest BCUT2D eigenvalue weighted by atomic mass is 16.1. The van der Waals surface area contributed by atoms with E-state index in [1.807, 2.05) is 18.2 Å². The van der Waals surface area contributed by atoms with Gasteiger partial charge in [0.15, 0.2) is 0 Å². The molecule has 1 fully saturated rings. The molecule has 0 saturated carbocycles. The third-order valence-electron chi connectivity index (χ3n) is 3.55. The minimum atomic E-state index is -0.350. The summed E-state index contributed by atoms with van der Waals surface area (Å²) in [5.74, 6) is -0.350. The Morgan fingerprint density at radius 3 is 2.33 bits per heavy atom. The van der Waals surface area contributed by atoms with Crippen molar-refractivity contribution >= 4 is 11.6 Å². The number of anilines is 1. The van der Waals surface area contributed by atoms with Crippen molar-refractivity contribution in [3.8, 4) is 0 Å². The average Bonchev–Trinajstić information content (AvgIpc) is 2.39. The van der Waals surface area contributed by atoms with Gasteiger partial charge in [-0.3, -0.25) is 9.69 Å². The van der Waals surface area contributed by atoms with Crippen LogP contribution in [0.4, 0.5) is 5.69 Å². The smallest absolute Gasteiger partial charge is 0.250 e. The van der Waals surface area contributed by atoms with Gasteiger partial charge in [0.2, 0.25) is 0 Å². The van der Waals surface area contributed by atoms with Crippen LogP contribution in [0.5, 0.6) is 0 Å². The fraction of sp³-hybridized carbons (Fsp3) is 0.500. The normalized spacial score (nSPS) is 17.2. The van der Waals surface area contributed by atoms with E-state index in [1.165, 1.54) is 0 Å². The van der Waals surface area contributed by atoms with E-state index < -0.39 is 0 Å². The van der Waals surface area contributed by atoms with Crippen molar-refractivity contribution in [2.45, 2.75) is 19.9 Å². The van der Waals surface area contributed by atoms with Gasteiger partial charge in [0.1, 0.15) is 0 Å². The summed E-state index contributed by atoms with van der Waals surface area (Å²) in [6.45, 7) is 8.39. The Kier molecular flexibility index (Phi) is 3.87. The molecule has 0 radical (unpaired) electrons. The van der Waals surface area contributed by atoms with Crippen LogP contribution in [-0.4, -0.2) is 43.0 Å². The zero-order valence-electron chi connectivity index (χ0n) is 11.1. The molecule has 2 N–H and O–H groups in total. The monoisotopic (exact) mass is 247 g/mol. The molecular formula is C14H21N3O. The van der Waals surface area contributed by atoms with Crippen molar-refractivity contribution in [2.75, 3.05) is 31.1 Å². The predicted octanol–water partition coefficient (Wildman–Crippen LogP) is 1.32. The lowest BCUT2D eigenvalue weighted by atomic mass is 10.1. The number of nitrogens with zero attached hydrogens (tertiary/aromatic N) is 2. The molecule has 0 aromatic heterocycles. The van der Waals surface area contributed by atoms with Crippen LogP contribution < -0.4 is 10.6 Å². The summed E-state index contributed by atoms with van der Waals surface area (Å²) < 4.78 is 0. The molecule has 4 heteroatoms. The summed E-state index contributed by atoms with van der Waals surface area (Å²) in [6, 6.07) is 8.17. The number of piperazine rings is 1. The number of hydrogen-bond acceptors (Lipinski definition) is 3. The maximum Gasteiger partial charge on any atom is 0.250 e. The minimum absolute atomic E-state index is 0.350. The molecule has 2 rings (SSSR count). The molecule has 1 amide bonds. The minimum Gasteiger partial charge on any atom is -0.368 e. The molecule has 18 heavy (non-hydrogen) atoms. The van der Waals surface area contributed by atoms with E-state index >= 15 is 0 Å². The summed E-state index contributed by atoms with van der Waals surface area (Å²) in [5, 5.41) is 0. The number of hydrogen-bond donors (Lipinski definition) is 1. The second kappa shape index (κ2) is 5.40. The molecule has 1 aromatic carbocycles. The summed E-state index contributed by atoms with van der Waals surface area (Å²) in [4.78, 5) is 16.1. The fourth-order valence-electron chi connectivity index (χ4n) is 2.44. The number of amides is 1. The van der Waals surface area contributed by atoms with Crippen LogP contribution in [0.2, 0.25) is 0 Å². The average molecular weight is 247 g/mol. The first-order valence-electron chi connectivity index (χ1n) is 6.47. The second-order valence-electron chi connectivity index (χ2n) is 5.00. The molecule has 0 spiro atoms. The summed E-state index contributed by atoms with van der Waals surface area (Å²) in [7, 11) is 0. The number of benzene rings is 1. The van der Waals surface area contributed by atoms with Crippen molar-refractivity contribution in [3.05, 3.63) is 29.8 Å². The van der Waals surface area contributed by atoms with Gasteiger partial charge in [-0.25, -0.2) is 0 Å². The molecule has 0 bridgehead atoms. The third-order valence-corrected chi connectivity index (χ3v) is 3.55. The molecule has 1 heterocycles. The number of nitrogens with two attached hydrogens (primary N) is 1. The van der Waals surface area contributed by atoms with Crippen LogP contribution in [0.15, 0.2) is 24.3 Å². The molecule has 4 nitrogen and oxygen atoms in total. The van der Waals surface area contributed by atoms with Crippen LogP contribution in [0.1, 0.15) is 24.2 Å². The fourth-order valence-corrected chi connectivity index (χ4v) is 2.44. The van der Waals surface area contributed by atoms with Gasteiger partial charge in [0, 0.05) is 37.9 Å². The molecular weight excluding hydrogens is 226 g/mol. The zero-order valence-corrected chi connectivity index (χ0v) is 11.1. The quantitative estimate of drug-likeness (QED) is 0.876. The Morgan fingerprint density at radius 1 is 1.17 bits per heavy atom. The van der Waals surface area contributed by atoms with Gasteiger partial charge in [-0.15, -0.1) is 0 Å². The Balaban J connectivity index is 2.12. The maximum absolute atomic E-state index is 11.4. The van der Waals surface area contributed by atoms with Gasteiger partial charge in [0.25, 0.3) is 5.91 Å². The number of para-hydroxylation sites is 1. The zero-order chi connectivity index (χ0) is 13.1. The standard InChI is InChI=1S/C14H21N3O/c1-11(2)16-7-9-17(10-8-16)13-6-4-3-5-12(13)14(15)18/h3-6,11H,7-10H2,1-2H3,(H2,15,18). The summed E-state index contributed by atoms with van der Waals surface area (Å²) >= 11 is 0. The van der Waals surface area contributed by atoms with Crippen LogP contribution >= 0.6 is 0 Å². The Bertz CT molecular complexity index is 423. The lowest BCUT2D eigenvalue weighted by Gasteiger charge is -2.38. The van der Waals surface area contributed by atoms with Crippen LogP contribution in [0.25, 0.3) is 0 Å². The highest BCUT2D eigenvalue weighted by Gasteiger charge is 2.21. The molecule has 1 saturated heterocycles. The maximum atomic E-state index is 11.4. The Hall–Kier alpha value is -1.55.